The topological polar surface area (TPSA) is 74.3 Å². The predicted octanol–water partition coefficient (Wildman–Crippen LogP) is 5.77. The number of Topliss-reactive ketones (excluding diaryl/α,β-unsaturated/α-hetero) is 1. The van der Waals surface area contributed by atoms with E-state index in [1.165, 1.54) is 15.9 Å². The van der Waals surface area contributed by atoms with Crippen molar-refractivity contribution >= 4 is 39.1 Å². The van der Waals surface area contributed by atoms with Crippen molar-refractivity contribution in [2.45, 2.75) is 5.66 Å². The fourth-order valence-electron chi connectivity index (χ4n) is 4.83. The first-order chi connectivity index (χ1) is 18.8. The smallest absolute Gasteiger partial charge is 0.208 e. The van der Waals surface area contributed by atoms with Crippen LogP contribution in [0.25, 0.3) is 0 Å². The molecule has 0 saturated heterocycles. The number of hydrogen-bond acceptors (Lipinski definition) is 4. The summed E-state index contributed by atoms with van der Waals surface area (Å²) in [7, 11) is -6.37. The molecule has 5 rings (SSSR count). The van der Waals surface area contributed by atoms with E-state index < -0.39 is 17.4 Å². The Hall–Kier alpha value is -3.89. The summed E-state index contributed by atoms with van der Waals surface area (Å²) in [6.07, 6.45) is 0.604. The first-order valence-corrected chi connectivity index (χ1v) is 16.1. The van der Waals surface area contributed by atoms with Gasteiger partial charge in [-0.05, 0) is 36.4 Å². The summed E-state index contributed by atoms with van der Waals surface area (Å²) in [4.78, 5) is 14.5. The Labute approximate surface area is 231 Å². The third kappa shape index (κ3) is 6.76. The molecule has 0 aliphatic heterocycles. The van der Waals surface area contributed by atoms with E-state index in [0.717, 1.165) is 11.1 Å². The quantitative estimate of drug-likeness (QED) is 0.146. The van der Waals surface area contributed by atoms with Crippen LogP contribution in [0.15, 0.2) is 152 Å². The molecule has 0 fully saturated rings. The monoisotopic (exact) mass is 552 g/mol. The van der Waals surface area contributed by atoms with Crippen LogP contribution in [0, 0.1) is 0 Å². The number of rotatable bonds is 7. The van der Waals surface area contributed by atoms with Crippen LogP contribution in [0.3, 0.4) is 0 Å². The maximum absolute atomic E-state index is 14.5. The summed E-state index contributed by atoms with van der Waals surface area (Å²) in [6, 6.07) is 51.9. The zero-order chi connectivity index (χ0) is 27.7. The van der Waals surface area contributed by atoms with E-state index in [4.69, 9.17) is 13.0 Å². The van der Waals surface area contributed by atoms with E-state index in [1.807, 2.05) is 66.7 Å². The van der Waals surface area contributed by atoms with Gasteiger partial charge < -0.3 is 4.55 Å². The number of carbonyl (C=O) groups is 1. The Kier molecular flexibility index (Phi) is 9.21. The number of ketones is 1. The molecule has 0 aromatic heterocycles. The highest BCUT2D eigenvalue weighted by molar-refractivity contribution is 7.96. The maximum Gasteiger partial charge on any atom is 0.208 e. The summed E-state index contributed by atoms with van der Waals surface area (Å²) in [5.74, 6) is 0.150. The van der Waals surface area contributed by atoms with E-state index in [1.54, 1.807) is 0 Å². The van der Waals surface area contributed by atoms with E-state index in [2.05, 4.69) is 84.9 Å². The van der Waals surface area contributed by atoms with E-state index in [9.17, 15) is 4.79 Å². The molecule has 1 unspecified atom stereocenters. The van der Waals surface area contributed by atoms with Gasteiger partial charge in [0.2, 0.25) is 5.78 Å². The molecular weight excluding hydrogens is 523 g/mol. The van der Waals surface area contributed by atoms with Crippen molar-refractivity contribution in [2.75, 3.05) is 6.26 Å². The van der Waals surface area contributed by atoms with Gasteiger partial charge in [0.05, 0.1) is 10.1 Å². The van der Waals surface area contributed by atoms with Crippen molar-refractivity contribution in [3.63, 3.8) is 0 Å². The molecule has 0 heterocycles. The van der Waals surface area contributed by atoms with Crippen LogP contribution in [0.1, 0.15) is 21.6 Å². The lowest BCUT2D eigenvalue weighted by Gasteiger charge is -2.34. The van der Waals surface area contributed by atoms with Gasteiger partial charge >= 0.3 is 0 Å². The molecule has 0 radical (unpaired) electrons. The second-order valence-corrected chi connectivity index (χ2v) is 13.9. The second-order valence-electron chi connectivity index (χ2n) is 8.98. The molecule has 196 valence electrons. The normalized spacial score (nSPS) is 12.1. The molecule has 6 heteroatoms. The zero-order valence-electron chi connectivity index (χ0n) is 21.5. The van der Waals surface area contributed by atoms with Gasteiger partial charge in [-0.15, -0.1) is 0 Å². The first kappa shape index (κ1) is 28.1. The van der Waals surface area contributed by atoms with Crippen molar-refractivity contribution < 1.29 is 17.8 Å². The molecule has 0 aliphatic carbocycles. The summed E-state index contributed by atoms with van der Waals surface area (Å²) < 4.78 is 27.2. The lowest BCUT2D eigenvalue weighted by atomic mass is 10.0. The minimum absolute atomic E-state index is 0.150. The molecule has 0 amide bonds. The Morgan fingerprint density at radius 2 is 0.846 bits per heavy atom. The highest BCUT2D eigenvalue weighted by atomic mass is 32.2. The molecule has 5 aromatic carbocycles. The highest BCUT2D eigenvalue weighted by Crippen LogP contribution is 2.67. The average Bonchev–Trinajstić information content (AvgIpc) is 2.97. The van der Waals surface area contributed by atoms with Crippen molar-refractivity contribution in [3.05, 3.63) is 163 Å². The second kappa shape index (κ2) is 12.8. The van der Waals surface area contributed by atoms with Crippen LogP contribution >= 0.6 is 7.26 Å². The van der Waals surface area contributed by atoms with Crippen LogP contribution < -0.4 is 15.9 Å². The van der Waals surface area contributed by atoms with Gasteiger partial charge in [0, 0.05) is 17.4 Å². The van der Waals surface area contributed by atoms with Gasteiger partial charge in [0.15, 0.2) is 5.66 Å². The predicted molar refractivity (Wildman–Crippen MR) is 161 cm³/mol. The van der Waals surface area contributed by atoms with Crippen LogP contribution in [0.2, 0.25) is 0 Å². The average molecular weight is 553 g/mol. The zero-order valence-corrected chi connectivity index (χ0v) is 23.2. The molecule has 0 N–H and O–H groups in total. The Balaban J connectivity index is 0.000000648. The molecule has 0 bridgehead atoms. The third-order valence-corrected chi connectivity index (χ3v) is 10.9. The number of carbonyl (C=O) groups excluding carboxylic acids is 1. The van der Waals surface area contributed by atoms with Crippen LogP contribution in [0.5, 0.6) is 0 Å². The lowest BCUT2D eigenvalue weighted by molar-refractivity contribution is 0.0987. The SMILES string of the molecule is CS(=O)(=O)[O-].O=C(c1ccccc1)C(c1ccccc1)[P+](c1ccccc1)(c1ccccc1)c1ccccc1. The van der Waals surface area contributed by atoms with Crippen LogP contribution in [-0.4, -0.2) is 25.0 Å². The molecule has 5 aromatic rings. The van der Waals surface area contributed by atoms with Crippen molar-refractivity contribution in [1.82, 2.24) is 0 Å². The van der Waals surface area contributed by atoms with Crippen molar-refractivity contribution in [2.24, 2.45) is 0 Å². The highest BCUT2D eigenvalue weighted by Gasteiger charge is 2.56. The van der Waals surface area contributed by atoms with E-state index in [0.29, 0.717) is 6.26 Å². The minimum Gasteiger partial charge on any atom is -0.748 e. The Morgan fingerprint density at radius 1 is 0.564 bits per heavy atom. The largest absolute Gasteiger partial charge is 0.748 e. The molecule has 0 spiro atoms. The van der Waals surface area contributed by atoms with Crippen LogP contribution in [0.4, 0.5) is 0 Å². The van der Waals surface area contributed by atoms with Gasteiger partial charge in [-0.2, -0.15) is 0 Å². The molecule has 0 saturated carbocycles. The van der Waals surface area contributed by atoms with Gasteiger partial charge in [-0.3, -0.25) is 4.79 Å². The minimum atomic E-state index is -3.92. The number of hydrogen-bond donors (Lipinski definition) is 0. The molecule has 4 nitrogen and oxygen atoms in total. The molecule has 1 atom stereocenters. The van der Waals surface area contributed by atoms with Gasteiger partial charge in [-0.25, -0.2) is 8.42 Å². The summed E-state index contributed by atoms with van der Waals surface area (Å²) in [6.45, 7) is 0. The standard InChI is InChI=1S/C32H26OP.CH4O3S/c33-31(26-16-6-1-7-17-26)32(27-18-8-2-9-19-27)34(28-20-10-3-11-21-28,29-22-12-4-13-23-29)30-24-14-5-15-25-30;1-5(2,3)4/h1-25,32H;1H3,(H,2,3,4)/q+1;/p-1. The summed E-state index contributed by atoms with van der Waals surface area (Å²) in [5.41, 5.74) is 1.42. The van der Waals surface area contributed by atoms with Gasteiger partial charge in [0.25, 0.3) is 0 Å². The molecule has 39 heavy (non-hydrogen) atoms. The number of benzene rings is 5. The van der Waals surface area contributed by atoms with Crippen LogP contribution in [-0.2, 0) is 10.1 Å². The Bertz CT molecular complexity index is 1470. The lowest BCUT2D eigenvalue weighted by Crippen LogP contribution is -2.38. The van der Waals surface area contributed by atoms with Gasteiger partial charge in [-0.1, -0.05) is 115 Å². The van der Waals surface area contributed by atoms with Crippen molar-refractivity contribution in [3.8, 4) is 0 Å². The van der Waals surface area contributed by atoms with E-state index in [-0.39, 0.29) is 11.4 Å². The fraction of sp³-hybridized carbons (Fsp3) is 0.0606. The Morgan fingerprint density at radius 3 is 1.18 bits per heavy atom. The third-order valence-electron chi connectivity index (χ3n) is 6.30. The fourth-order valence-corrected chi connectivity index (χ4v) is 9.67. The maximum atomic E-state index is 14.5. The van der Waals surface area contributed by atoms with Gasteiger partial charge in [0.1, 0.15) is 23.2 Å². The van der Waals surface area contributed by atoms with E-state index >= 15 is 0 Å². The molecule has 0 aliphatic rings. The summed E-state index contributed by atoms with van der Waals surface area (Å²) in [5, 5.41) is 3.60. The summed E-state index contributed by atoms with van der Waals surface area (Å²) >= 11 is 0. The molecular formula is C33H29O4PS. The first-order valence-electron chi connectivity index (χ1n) is 12.4. The van der Waals surface area contributed by atoms with Crippen molar-refractivity contribution in [1.29, 1.82) is 0 Å².